The van der Waals surface area contributed by atoms with Gasteiger partial charge in [-0.25, -0.2) is 17.2 Å². The third kappa shape index (κ3) is 8.59. The van der Waals surface area contributed by atoms with Crippen molar-refractivity contribution in [2.75, 3.05) is 23.7 Å². The lowest BCUT2D eigenvalue weighted by molar-refractivity contribution is -0.140. The van der Waals surface area contributed by atoms with Gasteiger partial charge < -0.3 is 10.2 Å². The van der Waals surface area contributed by atoms with Crippen molar-refractivity contribution in [3.05, 3.63) is 100 Å². The van der Waals surface area contributed by atoms with E-state index < -0.39 is 40.2 Å². The summed E-state index contributed by atoms with van der Waals surface area (Å²) in [6.45, 7) is 1.60. The number of carbonyl (C=O) groups is 2. The van der Waals surface area contributed by atoms with E-state index in [2.05, 4.69) is 21.2 Å². The van der Waals surface area contributed by atoms with Crippen LogP contribution in [0.25, 0.3) is 0 Å². The minimum atomic E-state index is -4.08. The second-order valence-corrected chi connectivity index (χ2v) is 11.8. The van der Waals surface area contributed by atoms with Crippen molar-refractivity contribution in [3.63, 3.8) is 0 Å². The van der Waals surface area contributed by atoms with Crippen LogP contribution in [0.3, 0.4) is 0 Å². The fourth-order valence-electron chi connectivity index (χ4n) is 3.96. The van der Waals surface area contributed by atoms with Crippen molar-refractivity contribution in [1.29, 1.82) is 0 Å². The Labute approximate surface area is 236 Å². The van der Waals surface area contributed by atoms with Crippen LogP contribution in [0.1, 0.15) is 24.5 Å². The van der Waals surface area contributed by atoms with Crippen LogP contribution in [0.15, 0.2) is 77.3 Å². The number of sulfonamides is 1. The van der Waals surface area contributed by atoms with Crippen LogP contribution in [0.4, 0.5) is 14.5 Å². The van der Waals surface area contributed by atoms with Gasteiger partial charge in [-0.1, -0.05) is 65.3 Å². The van der Waals surface area contributed by atoms with Crippen molar-refractivity contribution in [2.24, 2.45) is 0 Å². The van der Waals surface area contributed by atoms with E-state index in [0.29, 0.717) is 22.8 Å². The zero-order valence-electron chi connectivity index (χ0n) is 21.6. The predicted octanol–water partition coefficient (Wildman–Crippen LogP) is 4.66. The van der Waals surface area contributed by atoms with Crippen LogP contribution in [0, 0.1) is 11.6 Å². The maximum atomic E-state index is 14.0. The molecule has 1 unspecified atom stereocenters. The number of carbonyl (C=O) groups excluding carboxylic acids is 2. The Bertz CT molecular complexity index is 1390. The molecule has 39 heavy (non-hydrogen) atoms. The minimum absolute atomic E-state index is 0.0124. The number of nitrogens with zero attached hydrogens (tertiary/aromatic N) is 2. The zero-order chi connectivity index (χ0) is 28.6. The van der Waals surface area contributed by atoms with Crippen molar-refractivity contribution >= 4 is 43.5 Å². The molecule has 0 radical (unpaired) electrons. The third-order valence-corrected chi connectivity index (χ3v) is 7.63. The molecule has 0 saturated carbocycles. The van der Waals surface area contributed by atoms with Gasteiger partial charge in [0.25, 0.3) is 0 Å². The highest BCUT2D eigenvalue weighted by atomic mass is 79.9. The topological polar surface area (TPSA) is 86.8 Å². The summed E-state index contributed by atoms with van der Waals surface area (Å²) in [5.74, 6) is -3.46. The van der Waals surface area contributed by atoms with Gasteiger partial charge in [-0.2, -0.15) is 0 Å². The molecule has 7 nitrogen and oxygen atoms in total. The summed E-state index contributed by atoms with van der Waals surface area (Å²) in [5, 5.41) is 2.85. The minimum Gasteiger partial charge on any atom is -0.354 e. The Balaban J connectivity index is 2.04. The summed E-state index contributed by atoms with van der Waals surface area (Å²) in [5.41, 5.74) is 1.32. The molecule has 0 bridgehead atoms. The summed E-state index contributed by atoms with van der Waals surface area (Å²) in [6.07, 6.45) is 1.74. The standard InChI is InChI=1S/C28H30BrF2N3O4S/c1-3-15-32-28(36)26(16-20-7-5-4-6-8-20)33(18-21-9-11-22(29)12-10-21)27(35)19-34(39(2,37)38)23-13-14-24(30)25(31)17-23/h4-14,17,26H,3,15-16,18-19H2,1-2H3,(H,32,36). The summed E-state index contributed by atoms with van der Waals surface area (Å²) < 4.78 is 54.4. The van der Waals surface area contributed by atoms with E-state index in [1.165, 1.54) is 4.90 Å². The smallest absolute Gasteiger partial charge is 0.244 e. The highest BCUT2D eigenvalue weighted by Crippen LogP contribution is 2.23. The number of anilines is 1. The average molecular weight is 623 g/mol. The van der Waals surface area contributed by atoms with E-state index in [4.69, 9.17) is 0 Å². The van der Waals surface area contributed by atoms with Gasteiger partial charge in [-0.3, -0.25) is 13.9 Å². The third-order valence-electron chi connectivity index (χ3n) is 5.96. The maximum Gasteiger partial charge on any atom is 0.244 e. The van der Waals surface area contributed by atoms with Gasteiger partial charge in [0.05, 0.1) is 11.9 Å². The first-order chi connectivity index (χ1) is 18.5. The van der Waals surface area contributed by atoms with Crippen LogP contribution in [-0.4, -0.2) is 50.5 Å². The Morgan fingerprint density at radius 1 is 0.949 bits per heavy atom. The van der Waals surface area contributed by atoms with Gasteiger partial charge in [0.2, 0.25) is 21.8 Å². The lowest BCUT2D eigenvalue weighted by Crippen LogP contribution is -2.53. The Kier molecular flexibility index (Phi) is 10.6. The fourth-order valence-corrected chi connectivity index (χ4v) is 5.07. The number of amides is 2. The second-order valence-electron chi connectivity index (χ2n) is 9.01. The molecule has 0 aliphatic heterocycles. The van der Waals surface area contributed by atoms with Gasteiger partial charge in [0.15, 0.2) is 11.6 Å². The number of benzene rings is 3. The highest BCUT2D eigenvalue weighted by molar-refractivity contribution is 9.10. The first kappa shape index (κ1) is 30.2. The van der Waals surface area contributed by atoms with Crippen LogP contribution < -0.4 is 9.62 Å². The van der Waals surface area contributed by atoms with Gasteiger partial charge in [0, 0.05) is 30.0 Å². The second kappa shape index (κ2) is 13.7. The van der Waals surface area contributed by atoms with Crippen LogP contribution in [0.2, 0.25) is 0 Å². The molecule has 0 spiro atoms. The van der Waals surface area contributed by atoms with Gasteiger partial charge >= 0.3 is 0 Å². The number of hydrogen-bond donors (Lipinski definition) is 1. The molecule has 0 fully saturated rings. The Hall–Kier alpha value is -3.31. The fraction of sp³-hybridized carbons (Fsp3) is 0.286. The largest absolute Gasteiger partial charge is 0.354 e. The van der Waals surface area contributed by atoms with Crippen molar-refractivity contribution in [2.45, 2.75) is 32.4 Å². The van der Waals surface area contributed by atoms with E-state index in [-0.39, 0.29) is 24.6 Å². The maximum absolute atomic E-state index is 14.0. The molecule has 0 heterocycles. The Morgan fingerprint density at radius 3 is 2.21 bits per heavy atom. The lowest BCUT2D eigenvalue weighted by atomic mass is 10.0. The molecule has 2 amide bonds. The monoisotopic (exact) mass is 621 g/mol. The van der Waals surface area contributed by atoms with Gasteiger partial charge in [-0.15, -0.1) is 0 Å². The summed E-state index contributed by atoms with van der Waals surface area (Å²) >= 11 is 3.38. The van der Waals surface area contributed by atoms with E-state index >= 15 is 0 Å². The molecule has 11 heteroatoms. The average Bonchev–Trinajstić information content (AvgIpc) is 2.90. The molecule has 3 rings (SSSR count). The zero-order valence-corrected chi connectivity index (χ0v) is 24.0. The summed E-state index contributed by atoms with van der Waals surface area (Å²) in [7, 11) is -4.08. The molecule has 0 aliphatic carbocycles. The van der Waals surface area contributed by atoms with Crippen molar-refractivity contribution < 1.29 is 26.8 Å². The van der Waals surface area contributed by atoms with Crippen LogP contribution in [-0.2, 0) is 32.6 Å². The van der Waals surface area contributed by atoms with Crippen LogP contribution >= 0.6 is 15.9 Å². The summed E-state index contributed by atoms with van der Waals surface area (Å²) in [4.78, 5) is 28.6. The molecule has 0 aromatic heterocycles. The number of halogens is 3. The highest BCUT2D eigenvalue weighted by Gasteiger charge is 2.33. The van der Waals surface area contributed by atoms with E-state index in [0.717, 1.165) is 34.5 Å². The van der Waals surface area contributed by atoms with Crippen molar-refractivity contribution in [3.8, 4) is 0 Å². The molecule has 0 aliphatic rings. The first-order valence-electron chi connectivity index (χ1n) is 12.3. The molecule has 208 valence electrons. The Morgan fingerprint density at radius 2 is 1.62 bits per heavy atom. The molecular formula is C28H30BrF2N3O4S. The molecular weight excluding hydrogens is 592 g/mol. The molecule has 1 N–H and O–H groups in total. The first-order valence-corrected chi connectivity index (χ1v) is 14.9. The SMILES string of the molecule is CCCNC(=O)C(Cc1ccccc1)N(Cc1ccc(Br)cc1)C(=O)CN(c1ccc(F)c(F)c1)S(C)(=O)=O. The van der Waals surface area contributed by atoms with E-state index in [9.17, 15) is 26.8 Å². The predicted molar refractivity (Wildman–Crippen MR) is 150 cm³/mol. The molecule has 0 saturated heterocycles. The molecule has 3 aromatic rings. The van der Waals surface area contributed by atoms with Gasteiger partial charge in [0.1, 0.15) is 12.6 Å². The van der Waals surface area contributed by atoms with Gasteiger partial charge in [-0.05, 0) is 41.8 Å². The normalized spacial score (nSPS) is 12.0. The van der Waals surface area contributed by atoms with E-state index in [1.54, 1.807) is 24.3 Å². The molecule has 3 aromatic carbocycles. The quantitative estimate of drug-likeness (QED) is 0.319. The summed E-state index contributed by atoms with van der Waals surface area (Å²) in [6, 6.07) is 18.0. The molecule has 1 atom stereocenters. The number of hydrogen-bond acceptors (Lipinski definition) is 4. The van der Waals surface area contributed by atoms with Crippen LogP contribution in [0.5, 0.6) is 0 Å². The lowest BCUT2D eigenvalue weighted by Gasteiger charge is -2.33. The number of rotatable bonds is 12. The van der Waals surface area contributed by atoms with E-state index in [1.807, 2.05) is 37.3 Å². The van der Waals surface area contributed by atoms with Crippen molar-refractivity contribution in [1.82, 2.24) is 10.2 Å². The number of nitrogens with one attached hydrogen (secondary N) is 1.